The molecule has 5 rings (SSSR count). The van der Waals surface area contributed by atoms with E-state index in [9.17, 15) is 0 Å². The molecular formula is C21H22IN7O. The van der Waals surface area contributed by atoms with Crippen LogP contribution in [0.1, 0.15) is 12.8 Å². The average molecular weight is 515 g/mol. The first-order valence-corrected chi connectivity index (χ1v) is 11.5. The number of nitrogens with one attached hydrogen (secondary N) is 2. The molecule has 0 radical (unpaired) electrons. The predicted molar refractivity (Wildman–Crippen MR) is 124 cm³/mol. The van der Waals surface area contributed by atoms with E-state index in [-0.39, 0.29) is 6.10 Å². The third-order valence-corrected chi connectivity index (χ3v) is 5.86. The zero-order valence-electron chi connectivity index (χ0n) is 16.3. The van der Waals surface area contributed by atoms with Gasteiger partial charge in [0, 0.05) is 35.9 Å². The van der Waals surface area contributed by atoms with E-state index in [0.717, 1.165) is 58.8 Å². The van der Waals surface area contributed by atoms with Gasteiger partial charge in [0.15, 0.2) is 11.5 Å². The van der Waals surface area contributed by atoms with E-state index in [2.05, 4.69) is 48.3 Å². The molecule has 9 heteroatoms. The quantitative estimate of drug-likeness (QED) is 0.300. The number of rotatable bonds is 6. The summed E-state index contributed by atoms with van der Waals surface area (Å²) in [6.07, 6.45) is 11.8. The highest BCUT2D eigenvalue weighted by Crippen LogP contribution is 2.27. The first kappa shape index (κ1) is 19.3. The number of hydrogen-bond donors (Lipinski definition) is 2. The van der Waals surface area contributed by atoms with Crippen molar-refractivity contribution in [2.45, 2.75) is 23.5 Å². The van der Waals surface area contributed by atoms with E-state index in [1.807, 2.05) is 58.1 Å². The SMILES string of the molecule is ICn1cc(-c2cnc3c(Nc4cccc(OC5CCNCC5)c4)nccn23)cn1. The smallest absolute Gasteiger partial charge is 0.180 e. The van der Waals surface area contributed by atoms with Crippen LogP contribution in [0.3, 0.4) is 0 Å². The minimum Gasteiger partial charge on any atom is -0.490 e. The number of imidazole rings is 1. The van der Waals surface area contributed by atoms with Gasteiger partial charge in [0.25, 0.3) is 0 Å². The van der Waals surface area contributed by atoms with E-state index in [0.29, 0.717) is 5.82 Å². The van der Waals surface area contributed by atoms with Gasteiger partial charge in [-0.1, -0.05) is 28.7 Å². The molecule has 8 nitrogen and oxygen atoms in total. The molecule has 4 aromatic rings. The number of fused-ring (bicyclic) bond motifs is 1. The van der Waals surface area contributed by atoms with E-state index < -0.39 is 0 Å². The zero-order valence-corrected chi connectivity index (χ0v) is 18.5. The van der Waals surface area contributed by atoms with Gasteiger partial charge in [-0.05, 0) is 38.1 Å². The average Bonchev–Trinajstić information content (AvgIpc) is 3.42. The van der Waals surface area contributed by atoms with Crippen molar-refractivity contribution in [3.63, 3.8) is 0 Å². The highest BCUT2D eigenvalue weighted by atomic mass is 127. The molecule has 2 N–H and O–H groups in total. The number of hydrogen-bond acceptors (Lipinski definition) is 6. The van der Waals surface area contributed by atoms with Crippen LogP contribution in [0.15, 0.2) is 55.2 Å². The second kappa shape index (κ2) is 8.60. The molecule has 0 spiro atoms. The normalized spacial score (nSPS) is 14.8. The fraction of sp³-hybridized carbons (Fsp3) is 0.286. The Morgan fingerprint density at radius 2 is 2.10 bits per heavy atom. The Morgan fingerprint density at radius 1 is 1.20 bits per heavy atom. The third kappa shape index (κ3) is 3.99. The summed E-state index contributed by atoms with van der Waals surface area (Å²) in [5, 5.41) is 11.1. The molecule has 1 saturated heterocycles. The molecule has 4 heterocycles. The van der Waals surface area contributed by atoms with Crippen LogP contribution in [-0.4, -0.2) is 43.3 Å². The first-order chi connectivity index (χ1) is 14.8. The van der Waals surface area contributed by atoms with E-state index in [4.69, 9.17) is 4.74 Å². The molecule has 0 bridgehead atoms. The van der Waals surface area contributed by atoms with Crippen LogP contribution in [0.2, 0.25) is 0 Å². The van der Waals surface area contributed by atoms with Crippen molar-refractivity contribution in [2.24, 2.45) is 0 Å². The molecule has 30 heavy (non-hydrogen) atoms. The lowest BCUT2D eigenvalue weighted by molar-refractivity contribution is 0.162. The lowest BCUT2D eigenvalue weighted by Crippen LogP contribution is -2.34. The summed E-state index contributed by atoms with van der Waals surface area (Å²) in [4.78, 5) is 9.11. The molecule has 0 atom stereocenters. The van der Waals surface area contributed by atoms with Crippen molar-refractivity contribution in [2.75, 3.05) is 18.4 Å². The predicted octanol–water partition coefficient (Wildman–Crippen LogP) is 3.86. The van der Waals surface area contributed by atoms with E-state index in [1.54, 1.807) is 6.20 Å². The second-order valence-corrected chi connectivity index (χ2v) is 7.90. The van der Waals surface area contributed by atoms with Crippen LogP contribution < -0.4 is 15.4 Å². The molecule has 1 aliphatic rings. The Labute approximate surface area is 187 Å². The number of nitrogens with zero attached hydrogens (tertiary/aromatic N) is 5. The maximum Gasteiger partial charge on any atom is 0.180 e. The summed E-state index contributed by atoms with van der Waals surface area (Å²) in [5.74, 6) is 1.57. The van der Waals surface area contributed by atoms with E-state index >= 15 is 0 Å². The topological polar surface area (TPSA) is 81.3 Å². The highest BCUT2D eigenvalue weighted by molar-refractivity contribution is 14.1. The van der Waals surface area contributed by atoms with Crippen molar-refractivity contribution >= 4 is 39.7 Å². The van der Waals surface area contributed by atoms with Gasteiger partial charge in [0.05, 0.1) is 22.6 Å². The molecule has 0 aliphatic carbocycles. The summed E-state index contributed by atoms with van der Waals surface area (Å²) >= 11 is 2.28. The Kier molecular flexibility index (Phi) is 5.54. The number of alkyl halides is 1. The summed E-state index contributed by atoms with van der Waals surface area (Å²) in [6.45, 7) is 2.01. The van der Waals surface area contributed by atoms with Crippen LogP contribution in [0, 0.1) is 0 Å². The van der Waals surface area contributed by atoms with Gasteiger partial charge < -0.3 is 15.4 Å². The fourth-order valence-corrected chi connectivity index (χ4v) is 4.04. The van der Waals surface area contributed by atoms with Gasteiger partial charge in [-0.25, -0.2) is 9.97 Å². The molecule has 0 saturated carbocycles. The number of aromatic nitrogens is 5. The van der Waals surface area contributed by atoms with Crippen molar-refractivity contribution in [1.82, 2.24) is 29.5 Å². The Hall–Kier alpha value is -2.66. The van der Waals surface area contributed by atoms with Gasteiger partial charge in [-0.2, -0.15) is 5.10 Å². The second-order valence-electron chi connectivity index (χ2n) is 7.22. The van der Waals surface area contributed by atoms with E-state index in [1.165, 1.54) is 0 Å². The van der Waals surface area contributed by atoms with Crippen molar-refractivity contribution in [3.05, 3.63) is 55.2 Å². The zero-order chi connectivity index (χ0) is 20.3. The maximum atomic E-state index is 6.16. The highest BCUT2D eigenvalue weighted by Gasteiger charge is 2.15. The van der Waals surface area contributed by atoms with Crippen LogP contribution in [0.4, 0.5) is 11.5 Å². The van der Waals surface area contributed by atoms with Crippen LogP contribution in [-0.2, 0) is 4.55 Å². The Morgan fingerprint density at radius 3 is 2.93 bits per heavy atom. The van der Waals surface area contributed by atoms with Gasteiger partial charge in [0.1, 0.15) is 11.9 Å². The number of halogens is 1. The molecule has 1 aromatic carbocycles. The number of anilines is 2. The fourth-order valence-electron chi connectivity index (χ4n) is 3.67. The minimum atomic E-state index is 0.265. The molecular weight excluding hydrogens is 493 g/mol. The monoisotopic (exact) mass is 515 g/mol. The molecule has 0 amide bonds. The summed E-state index contributed by atoms with van der Waals surface area (Å²) < 4.78 is 10.9. The molecule has 1 aliphatic heterocycles. The Balaban J connectivity index is 1.40. The van der Waals surface area contributed by atoms with Gasteiger partial charge in [-0.3, -0.25) is 9.08 Å². The van der Waals surface area contributed by atoms with Crippen LogP contribution in [0.25, 0.3) is 16.9 Å². The number of benzene rings is 1. The summed E-state index contributed by atoms with van der Waals surface area (Å²) in [7, 11) is 0. The Bertz CT molecular complexity index is 1150. The van der Waals surface area contributed by atoms with Crippen molar-refractivity contribution in [3.8, 4) is 17.0 Å². The molecule has 1 fully saturated rings. The standard InChI is InChI=1S/C21H22IN7O/c22-14-28-13-15(11-26-28)19-12-25-21-20(24-8-9-29(19)21)27-16-2-1-3-18(10-16)30-17-4-6-23-7-5-17/h1-3,8-13,17,23H,4-7,14H2,(H,24,27). The maximum absolute atomic E-state index is 6.16. The van der Waals surface area contributed by atoms with Crippen LogP contribution >= 0.6 is 22.6 Å². The van der Waals surface area contributed by atoms with Gasteiger partial charge >= 0.3 is 0 Å². The van der Waals surface area contributed by atoms with Crippen LogP contribution in [0.5, 0.6) is 5.75 Å². The van der Waals surface area contributed by atoms with Gasteiger partial charge in [-0.15, -0.1) is 0 Å². The third-order valence-electron chi connectivity index (χ3n) is 5.17. The minimum absolute atomic E-state index is 0.265. The molecule has 0 unspecified atom stereocenters. The first-order valence-electron chi connectivity index (χ1n) is 9.95. The largest absolute Gasteiger partial charge is 0.490 e. The van der Waals surface area contributed by atoms with Crippen molar-refractivity contribution < 1.29 is 4.74 Å². The lowest BCUT2D eigenvalue weighted by atomic mass is 10.1. The van der Waals surface area contributed by atoms with Gasteiger partial charge in [0.2, 0.25) is 0 Å². The van der Waals surface area contributed by atoms with Crippen molar-refractivity contribution in [1.29, 1.82) is 0 Å². The summed E-state index contributed by atoms with van der Waals surface area (Å²) in [6, 6.07) is 8.02. The number of ether oxygens (including phenoxy) is 1. The molecule has 154 valence electrons. The molecule has 3 aromatic heterocycles. The number of piperidine rings is 1. The summed E-state index contributed by atoms with van der Waals surface area (Å²) in [5.41, 5.74) is 3.69. The lowest BCUT2D eigenvalue weighted by Gasteiger charge is -2.24.